The van der Waals surface area contributed by atoms with Gasteiger partial charge in [0, 0.05) is 12.2 Å². The summed E-state index contributed by atoms with van der Waals surface area (Å²) in [4.78, 5) is 4.43. The molecular formula is C13H19N3. The molecule has 0 bridgehead atoms. The lowest BCUT2D eigenvalue weighted by Gasteiger charge is -2.10. The van der Waals surface area contributed by atoms with E-state index in [9.17, 15) is 0 Å². The molecule has 0 saturated heterocycles. The molecule has 3 heteroatoms. The maximum Gasteiger partial charge on any atom is 0.139 e. The summed E-state index contributed by atoms with van der Waals surface area (Å²) in [6, 6.07) is 4.21. The fraction of sp³-hybridized carbons (Fsp3) is 0.462. The lowest BCUT2D eigenvalue weighted by molar-refractivity contribution is 0.587. The van der Waals surface area contributed by atoms with Crippen LogP contribution in [-0.2, 0) is 0 Å². The Morgan fingerprint density at radius 3 is 3.06 bits per heavy atom. The van der Waals surface area contributed by atoms with Crippen molar-refractivity contribution in [1.29, 1.82) is 0 Å². The molecule has 2 aromatic rings. The summed E-state index contributed by atoms with van der Waals surface area (Å²) in [7, 11) is 0. The predicted octanol–water partition coefficient (Wildman–Crippen LogP) is 2.83. The zero-order valence-corrected chi connectivity index (χ0v) is 9.98. The van der Waals surface area contributed by atoms with E-state index in [-0.39, 0.29) is 6.04 Å². The Morgan fingerprint density at radius 2 is 2.31 bits per heavy atom. The fourth-order valence-electron chi connectivity index (χ4n) is 2.02. The van der Waals surface area contributed by atoms with Crippen molar-refractivity contribution >= 4 is 5.65 Å². The highest BCUT2D eigenvalue weighted by Gasteiger charge is 2.11. The normalized spacial score (nSPS) is 13.2. The largest absolute Gasteiger partial charge is 0.323 e. The van der Waals surface area contributed by atoms with E-state index in [1.54, 1.807) is 0 Å². The molecule has 2 N–H and O–H groups in total. The van der Waals surface area contributed by atoms with Crippen LogP contribution in [0.2, 0.25) is 0 Å². The molecule has 3 nitrogen and oxygen atoms in total. The smallest absolute Gasteiger partial charge is 0.139 e. The quantitative estimate of drug-likeness (QED) is 0.855. The third-order valence-electron chi connectivity index (χ3n) is 3.01. The predicted molar refractivity (Wildman–Crippen MR) is 66.4 cm³/mol. The molecule has 0 aliphatic carbocycles. The number of unbranched alkanes of at least 4 members (excludes halogenated alkanes) is 1. The molecule has 0 saturated carbocycles. The highest BCUT2D eigenvalue weighted by molar-refractivity contribution is 5.48. The SMILES string of the molecule is CCCCC(N)c1cnc2c(C)cccn12. The Balaban J connectivity index is 2.34. The van der Waals surface area contributed by atoms with Gasteiger partial charge < -0.3 is 10.1 Å². The van der Waals surface area contributed by atoms with Crippen molar-refractivity contribution in [3.05, 3.63) is 35.8 Å². The van der Waals surface area contributed by atoms with Gasteiger partial charge in [0.2, 0.25) is 0 Å². The van der Waals surface area contributed by atoms with Crippen LogP contribution in [0.3, 0.4) is 0 Å². The third kappa shape index (κ3) is 1.95. The number of hydrogen-bond donors (Lipinski definition) is 1. The van der Waals surface area contributed by atoms with Gasteiger partial charge in [-0.25, -0.2) is 4.98 Å². The first kappa shape index (κ1) is 11.1. The Kier molecular flexibility index (Phi) is 3.25. The molecule has 0 spiro atoms. The van der Waals surface area contributed by atoms with Gasteiger partial charge in [-0.3, -0.25) is 0 Å². The summed E-state index contributed by atoms with van der Waals surface area (Å²) in [5.74, 6) is 0. The van der Waals surface area contributed by atoms with Crippen molar-refractivity contribution in [2.45, 2.75) is 39.2 Å². The standard InChI is InChI=1S/C13H19N3/c1-3-4-7-11(14)12-9-15-13-10(2)6-5-8-16(12)13/h5-6,8-9,11H,3-4,7,14H2,1-2H3. The molecule has 1 unspecified atom stereocenters. The van der Waals surface area contributed by atoms with Crippen molar-refractivity contribution in [1.82, 2.24) is 9.38 Å². The van der Waals surface area contributed by atoms with Crippen LogP contribution in [-0.4, -0.2) is 9.38 Å². The van der Waals surface area contributed by atoms with E-state index in [0.717, 1.165) is 17.8 Å². The van der Waals surface area contributed by atoms with Gasteiger partial charge >= 0.3 is 0 Å². The van der Waals surface area contributed by atoms with Gasteiger partial charge in [0.25, 0.3) is 0 Å². The molecule has 86 valence electrons. The van der Waals surface area contributed by atoms with Crippen LogP contribution in [0.5, 0.6) is 0 Å². The average Bonchev–Trinajstić information content (AvgIpc) is 2.71. The molecule has 2 heterocycles. The van der Waals surface area contributed by atoms with E-state index in [1.165, 1.54) is 18.4 Å². The Bertz CT molecular complexity index is 473. The monoisotopic (exact) mass is 217 g/mol. The van der Waals surface area contributed by atoms with E-state index in [1.807, 2.05) is 18.5 Å². The summed E-state index contributed by atoms with van der Waals surface area (Å²) in [5, 5.41) is 0. The second-order valence-electron chi connectivity index (χ2n) is 4.32. The zero-order valence-electron chi connectivity index (χ0n) is 9.98. The first-order chi connectivity index (χ1) is 7.74. The summed E-state index contributed by atoms with van der Waals surface area (Å²) < 4.78 is 2.11. The van der Waals surface area contributed by atoms with Crippen LogP contribution >= 0.6 is 0 Å². The number of nitrogens with zero attached hydrogens (tertiary/aromatic N) is 2. The summed E-state index contributed by atoms with van der Waals surface area (Å²) in [5.41, 5.74) is 9.51. The lowest BCUT2D eigenvalue weighted by Crippen LogP contribution is -2.12. The molecule has 0 aliphatic rings. The molecule has 0 amide bonds. The minimum Gasteiger partial charge on any atom is -0.323 e. The first-order valence-corrected chi connectivity index (χ1v) is 5.92. The summed E-state index contributed by atoms with van der Waals surface area (Å²) in [6.45, 7) is 4.26. The molecule has 0 aliphatic heterocycles. The zero-order chi connectivity index (χ0) is 11.5. The molecule has 0 fully saturated rings. The number of fused-ring (bicyclic) bond motifs is 1. The number of aromatic nitrogens is 2. The van der Waals surface area contributed by atoms with Crippen molar-refractivity contribution in [2.24, 2.45) is 5.73 Å². The van der Waals surface area contributed by atoms with Crippen molar-refractivity contribution in [3.8, 4) is 0 Å². The maximum atomic E-state index is 6.18. The second kappa shape index (κ2) is 4.66. The van der Waals surface area contributed by atoms with E-state index >= 15 is 0 Å². The van der Waals surface area contributed by atoms with Crippen LogP contribution in [0, 0.1) is 6.92 Å². The first-order valence-electron chi connectivity index (χ1n) is 5.92. The molecule has 2 rings (SSSR count). The topological polar surface area (TPSA) is 43.3 Å². The number of pyridine rings is 1. The van der Waals surface area contributed by atoms with Crippen molar-refractivity contribution < 1.29 is 0 Å². The van der Waals surface area contributed by atoms with E-state index < -0.39 is 0 Å². The number of imidazole rings is 1. The van der Waals surface area contributed by atoms with Gasteiger partial charge in [-0.1, -0.05) is 25.8 Å². The third-order valence-corrected chi connectivity index (χ3v) is 3.01. The molecule has 1 atom stereocenters. The number of aryl methyl sites for hydroxylation is 1. The number of nitrogens with two attached hydrogens (primary N) is 1. The number of hydrogen-bond acceptors (Lipinski definition) is 2. The van der Waals surface area contributed by atoms with Gasteiger partial charge in [0.1, 0.15) is 5.65 Å². The second-order valence-corrected chi connectivity index (χ2v) is 4.32. The van der Waals surface area contributed by atoms with Gasteiger partial charge in [-0.15, -0.1) is 0 Å². The molecule has 0 aromatic carbocycles. The maximum absolute atomic E-state index is 6.18. The van der Waals surface area contributed by atoms with Crippen molar-refractivity contribution in [3.63, 3.8) is 0 Å². The van der Waals surface area contributed by atoms with Crippen LogP contribution in [0.4, 0.5) is 0 Å². The highest BCUT2D eigenvalue weighted by atomic mass is 15.0. The molecular weight excluding hydrogens is 198 g/mol. The lowest BCUT2D eigenvalue weighted by atomic mass is 10.1. The Labute approximate surface area is 96.3 Å². The van der Waals surface area contributed by atoms with Gasteiger partial charge in [0.05, 0.1) is 11.9 Å². The minimum absolute atomic E-state index is 0.0942. The van der Waals surface area contributed by atoms with Gasteiger partial charge in [0.15, 0.2) is 0 Å². The molecule has 16 heavy (non-hydrogen) atoms. The summed E-state index contributed by atoms with van der Waals surface area (Å²) in [6.07, 6.45) is 7.32. The van der Waals surface area contributed by atoms with E-state index in [0.29, 0.717) is 0 Å². The van der Waals surface area contributed by atoms with Gasteiger partial charge in [-0.2, -0.15) is 0 Å². The highest BCUT2D eigenvalue weighted by Crippen LogP contribution is 2.19. The Hall–Kier alpha value is -1.35. The molecule has 0 radical (unpaired) electrons. The van der Waals surface area contributed by atoms with Crippen LogP contribution in [0.1, 0.15) is 43.5 Å². The summed E-state index contributed by atoms with van der Waals surface area (Å²) >= 11 is 0. The Morgan fingerprint density at radius 1 is 1.50 bits per heavy atom. The number of rotatable bonds is 4. The fourth-order valence-corrected chi connectivity index (χ4v) is 2.02. The van der Waals surface area contributed by atoms with E-state index in [4.69, 9.17) is 5.73 Å². The minimum atomic E-state index is 0.0942. The van der Waals surface area contributed by atoms with Crippen molar-refractivity contribution in [2.75, 3.05) is 0 Å². The van der Waals surface area contributed by atoms with Crippen LogP contribution in [0.15, 0.2) is 24.5 Å². The van der Waals surface area contributed by atoms with E-state index in [2.05, 4.69) is 29.3 Å². The van der Waals surface area contributed by atoms with Crippen LogP contribution in [0.25, 0.3) is 5.65 Å². The molecule has 2 aromatic heterocycles. The van der Waals surface area contributed by atoms with Crippen LogP contribution < -0.4 is 5.73 Å². The van der Waals surface area contributed by atoms with Gasteiger partial charge in [-0.05, 0) is 25.0 Å². The average molecular weight is 217 g/mol.